The predicted molar refractivity (Wildman–Crippen MR) is 66.3 cm³/mol. The second-order valence-corrected chi connectivity index (χ2v) is 5.20. The van der Waals surface area contributed by atoms with Gasteiger partial charge in [0.25, 0.3) is 0 Å². The van der Waals surface area contributed by atoms with Gasteiger partial charge in [-0.15, -0.1) is 0 Å². The Hall–Kier alpha value is -0.870. The highest BCUT2D eigenvalue weighted by atomic mass is 79.9. The lowest BCUT2D eigenvalue weighted by Crippen LogP contribution is -2.22. The molecule has 3 nitrogen and oxygen atoms in total. The third kappa shape index (κ3) is 1.57. The highest BCUT2D eigenvalue weighted by molar-refractivity contribution is 9.10. The summed E-state index contributed by atoms with van der Waals surface area (Å²) in [5.74, 6) is 1.09. The Kier molecular flexibility index (Phi) is 2.48. The van der Waals surface area contributed by atoms with Crippen LogP contribution < -0.4 is 5.73 Å². The quantitative estimate of drug-likeness (QED) is 0.873. The van der Waals surface area contributed by atoms with E-state index in [0.717, 1.165) is 34.3 Å². The summed E-state index contributed by atoms with van der Waals surface area (Å²) < 4.78 is 6.77. The molecule has 16 heavy (non-hydrogen) atoms. The lowest BCUT2D eigenvalue weighted by Gasteiger charge is -2.09. The Morgan fingerprint density at radius 2 is 2.25 bits per heavy atom. The number of benzene rings is 1. The summed E-state index contributed by atoms with van der Waals surface area (Å²) in [6.45, 7) is 0. The molecule has 1 aromatic heterocycles. The van der Waals surface area contributed by atoms with Crippen molar-refractivity contribution in [3.63, 3.8) is 0 Å². The molecule has 1 fully saturated rings. The van der Waals surface area contributed by atoms with Gasteiger partial charge in [-0.25, -0.2) is 4.98 Å². The minimum atomic E-state index is 0.201. The molecule has 1 heterocycles. The van der Waals surface area contributed by atoms with Crippen molar-refractivity contribution in [3.8, 4) is 0 Å². The van der Waals surface area contributed by atoms with Crippen LogP contribution in [0.5, 0.6) is 0 Å². The number of hydrogen-bond donors (Lipinski definition) is 1. The van der Waals surface area contributed by atoms with Crippen LogP contribution in [0.3, 0.4) is 0 Å². The maximum absolute atomic E-state index is 6.06. The fourth-order valence-corrected chi connectivity index (χ4v) is 2.82. The smallest absolute Gasteiger partial charge is 0.200 e. The summed E-state index contributed by atoms with van der Waals surface area (Å²) in [7, 11) is 0. The molecule has 4 heteroatoms. The molecule has 2 N–H and O–H groups in total. The van der Waals surface area contributed by atoms with Crippen LogP contribution in [-0.2, 0) is 0 Å². The highest BCUT2D eigenvalue weighted by Gasteiger charge is 2.29. The molecule has 1 aliphatic carbocycles. The molecule has 1 saturated carbocycles. The minimum absolute atomic E-state index is 0.201. The number of hydrogen-bond acceptors (Lipinski definition) is 3. The van der Waals surface area contributed by atoms with Gasteiger partial charge in [-0.3, -0.25) is 0 Å². The van der Waals surface area contributed by atoms with Gasteiger partial charge in [0.1, 0.15) is 5.52 Å². The Bertz CT molecular complexity index is 523. The lowest BCUT2D eigenvalue weighted by molar-refractivity contribution is 0.448. The number of halogens is 1. The predicted octanol–water partition coefficient (Wildman–Crippen LogP) is 3.19. The van der Waals surface area contributed by atoms with Crippen LogP contribution in [0.2, 0.25) is 0 Å². The number of oxazole rings is 1. The zero-order chi connectivity index (χ0) is 11.1. The fraction of sp³-hybridized carbons (Fsp3) is 0.417. The molecule has 2 aromatic rings. The van der Waals surface area contributed by atoms with E-state index in [1.165, 1.54) is 6.42 Å². The summed E-state index contributed by atoms with van der Waals surface area (Å²) in [5, 5.41) is 0. The first-order chi connectivity index (χ1) is 7.75. The van der Waals surface area contributed by atoms with E-state index in [2.05, 4.69) is 20.9 Å². The van der Waals surface area contributed by atoms with E-state index in [0.29, 0.717) is 5.92 Å². The third-order valence-electron chi connectivity index (χ3n) is 3.27. The van der Waals surface area contributed by atoms with Gasteiger partial charge in [0.2, 0.25) is 0 Å². The maximum Gasteiger partial charge on any atom is 0.200 e. The zero-order valence-corrected chi connectivity index (χ0v) is 10.4. The number of fused-ring (bicyclic) bond motifs is 1. The van der Waals surface area contributed by atoms with Crippen molar-refractivity contribution in [2.24, 2.45) is 5.73 Å². The van der Waals surface area contributed by atoms with Crippen LogP contribution in [0.4, 0.5) is 0 Å². The van der Waals surface area contributed by atoms with Crippen molar-refractivity contribution in [2.45, 2.75) is 31.2 Å². The summed E-state index contributed by atoms with van der Waals surface area (Å²) in [6, 6.07) is 6.10. The van der Waals surface area contributed by atoms with Gasteiger partial charge in [0.15, 0.2) is 11.5 Å². The molecule has 3 rings (SSSR count). The number of rotatable bonds is 1. The Morgan fingerprint density at radius 3 is 2.94 bits per heavy atom. The van der Waals surface area contributed by atoms with Crippen LogP contribution in [0.25, 0.3) is 11.1 Å². The van der Waals surface area contributed by atoms with Gasteiger partial charge in [-0.1, -0.05) is 12.5 Å². The van der Waals surface area contributed by atoms with Crippen molar-refractivity contribution in [1.82, 2.24) is 4.98 Å². The molecular formula is C12H13BrN2O. The molecule has 0 spiro atoms. The Morgan fingerprint density at radius 1 is 1.38 bits per heavy atom. The molecule has 2 atom stereocenters. The van der Waals surface area contributed by atoms with Crippen molar-refractivity contribution in [2.75, 3.05) is 0 Å². The molecule has 0 radical (unpaired) electrons. The van der Waals surface area contributed by atoms with Gasteiger partial charge in [0, 0.05) is 6.04 Å². The number of para-hydroxylation sites is 1. The average Bonchev–Trinajstić information content (AvgIpc) is 2.84. The molecule has 0 amide bonds. The molecular weight excluding hydrogens is 268 g/mol. The average molecular weight is 281 g/mol. The molecule has 0 saturated heterocycles. The number of nitrogens with two attached hydrogens (primary N) is 1. The molecule has 1 aromatic carbocycles. The van der Waals surface area contributed by atoms with E-state index < -0.39 is 0 Å². The number of aromatic nitrogens is 1. The molecule has 1 aliphatic rings. The first-order valence-corrected chi connectivity index (χ1v) is 6.35. The molecule has 0 aliphatic heterocycles. The summed E-state index contributed by atoms with van der Waals surface area (Å²) >= 11 is 3.47. The lowest BCUT2D eigenvalue weighted by atomic mass is 10.1. The van der Waals surface area contributed by atoms with Crippen molar-refractivity contribution < 1.29 is 4.42 Å². The monoisotopic (exact) mass is 280 g/mol. The van der Waals surface area contributed by atoms with Gasteiger partial charge in [-0.2, -0.15) is 0 Å². The highest BCUT2D eigenvalue weighted by Crippen LogP contribution is 2.35. The van der Waals surface area contributed by atoms with E-state index in [4.69, 9.17) is 10.2 Å². The molecule has 84 valence electrons. The van der Waals surface area contributed by atoms with E-state index in [-0.39, 0.29) is 6.04 Å². The topological polar surface area (TPSA) is 52.0 Å². The molecule has 0 bridgehead atoms. The Labute approximate surface area is 102 Å². The van der Waals surface area contributed by atoms with E-state index in [9.17, 15) is 0 Å². The van der Waals surface area contributed by atoms with E-state index in [1.807, 2.05) is 18.2 Å². The van der Waals surface area contributed by atoms with E-state index in [1.54, 1.807) is 0 Å². The van der Waals surface area contributed by atoms with Crippen LogP contribution in [0.15, 0.2) is 27.1 Å². The Balaban J connectivity index is 2.08. The fourth-order valence-electron chi connectivity index (χ4n) is 2.39. The van der Waals surface area contributed by atoms with Crippen molar-refractivity contribution in [3.05, 3.63) is 28.6 Å². The van der Waals surface area contributed by atoms with Crippen molar-refractivity contribution in [1.29, 1.82) is 0 Å². The molecule has 2 unspecified atom stereocenters. The zero-order valence-electron chi connectivity index (χ0n) is 8.82. The minimum Gasteiger partial charge on any atom is -0.439 e. The largest absolute Gasteiger partial charge is 0.439 e. The van der Waals surface area contributed by atoms with E-state index >= 15 is 0 Å². The first-order valence-electron chi connectivity index (χ1n) is 5.56. The van der Waals surface area contributed by atoms with Gasteiger partial charge >= 0.3 is 0 Å². The summed E-state index contributed by atoms with van der Waals surface area (Å²) in [5.41, 5.74) is 7.80. The van der Waals surface area contributed by atoms with Gasteiger partial charge < -0.3 is 10.2 Å². The number of nitrogens with zero attached hydrogens (tertiary/aromatic N) is 1. The summed E-state index contributed by atoms with van der Waals surface area (Å²) in [6.07, 6.45) is 3.34. The standard InChI is InChI=1S/C12H13BrN2O/c13-8-4-2-6-10-11(8)16-12(15-10)7-3-1-5-9(7)14/h2,4,6-7,9H,1,3,5,14H2. The van der Waals surface area contributed by atoms with Crippen molar-refractivity contribution >= 4 is 27.0 Å². The summed E-state index contributed by atoms with van der Waals surface area (Å²) in [4.78, 5) is 4.53. The van der Waals surface area contributed by atoms with Crippen LogP contribution in [0, 0.1) is 0 Å². The second kappa shape index (κ2) is 3.86. The first kappa shape index (κ1) is 10.3. The SMILES string of the molecule is NC1CCCC1c1nc2cccc(Br)c2o1. The third-order valence-corrected chi connectivity index (χ3v) is 3.89. The normalized spacial score (nSPS) is 25.4. The maximum atomic E-state index is 6.06. The van der Waals surface area contributed by atoms with Gasteiger partial charge in [-0.05, 0) is 40.9 Å². The van der Waals surface area contributed by atoms with Crippen LogP contribution >= 0.6 is 15.9 Å². The van der Waals surface area contributed by atoms with Crippen LogP contribution in [-0.4, -0.2) is 11.0 Å². The van der Waals surface area contributed by atoms with Crippen LogP contribution in [0.1, 0.15) is 31.1 Å². The van der Waals surface area contributed by atoms with Gasteiger partial charge in [0.05, 0.1) is 10.4 Å². The second-order valence-electron chi connectivity index (χ2n) is 4.34.